The van der Waals surface area contributed by atoms with Gasteiger partial charge >= 0.3 is 0 Å². The van der Waals surface area contributed by atoms with Crippen LogP contribution in [0.5, 0.6) is 0 Å². The summed E-state index contributed by atoms with van der Waals surface area (Å²) in [6.45, 7) is 7.46. The average molecular weight is 193 g/mol. The van der Waals surface area contributed by atoms with Gasteiger partial charge in [0.05, 0.1) is 0 Å². The number of aromatic amines is 1. The Hall–Kier alpha value is -0.830. The van der Waals surface area contributed by atoms with Gasteiger partial charge in [-0.15, -0.1) is 0 Å². The number of imidazole rings is 1. The molecule has 1 aliphatic rings. The first-order valence-electron chi connectivity index (χ1n) is 5.38. The molecule has 2 rings (SSSR count). The Balaban J connectivity index is 1.96. The molecule has 1 heterocycles. The number of hydrogen-bond acceptors (Lipinski definition) is 2. The first kappa shape index (κ1) is 9.71. The summed E-state index contributed by atoms with van der Waals surface area (Å²) in [5.41, 5.74) is 1.55. The van der Waals surface area contributed by atoms with E-state index in [-0.39, 0.29) is 0 Å². The number of nitrogens with zero attached hydrogens (tertiary/aromatic N) is 1. The fourth-order valence-electron chi connectivity index (χ4n) is 1.49. The quantitative estimate of drug-likeness (QED) is 0.767. The molecule has 0 saturated heterocycles. The lowest BCUT2D eigenvalue weighted by molar-refractivity contribution is 0.581. The van der Waals surface area contributed by atoms with Crippen LogP contribution < -0.4 is 5.32 Å². The van der Waals surface area contributed by atoms with Crippen molar-refractivity contribution in [2.75, 3.05) is 0 Å². The summed E-state index contributed by atoms with van der Waals surface area (Å²) in [5.74, 6) is 1.16. The molecule has 2 N–H and O–H groups in total. The van der Waals surface area contributed by atoms with Crippen LogP contribution in [0.3, 0.4) is 0 Å². The molecule has 0 atom stereocenters. The molecule has 3 heteroatoms. The Morgan fingerprint density at radius 3 is 2.86 bits per heavy atom. The van der Waals surface area contributed by atoms with E-state index in [9.17, 15) is 0 Å². The topological polar surface area (TPSA) is 40.7 Å². The van der Waals surface area contributed by atoms with Crippen LogP contribution in [0, 0.1) is 0 Å². The summed E-state index contributed by atoms with van der Waals surface area (Å²) in [7, 11) is 0. The molecule has 1 aliphatic carbocycles. The third-order valence-corrected chi connectivity index (χ3v) is 2.90. The molecule has 0 unspecified atom stereocenters. The van der Waals surface area contributed by atoms with Gasteiger partial charge in [-0.2, -0.15) is 0 Å². The Labute approximate surface area is 85.3 Å². The van der Waals surface area contributed by atoms with Crippen LogP contribution in [0.25, 0.3) is 0 Å². The van der Waals surface area contributed by atoms with E-state index < -0.39 is 0 Å². The molecule has 0 amide bonds. The Morgan fingerprint density at radius 2 is 2.29 bits per heavy atom. The van der Waals surface area contributed by atoms with Crippen LogP contribution in [0.4, 0.5) is 0 Å². The van der Waals surface area contributed by atoms with E-state index in [1.54, 1.807) is 0 Å². The van der Waals surface area contributed by atoms with Crippen LogP contribution in [0.1, 0.15) is 45.1 Å². The molecule has 3 nitrogen and oxygen atoms in total. The summed E-state index contributed by atoms with van der Waals surface area (Å²) < 4.78 is 0. The summed E-state index contributed by atoms with van der Waals surface area (Å²) >= 11 is 0. The van der Waals surface area contributed by atoms with E-state index in [2.05, 4.69) is 36.1 Å². The summed E-state index contributed by atoms with van der Waals surface area (Å²) in [6.07, 6.45) is 4.50. The van der Waals surface area contributed by atoms with Crippen molar-refractivity contribution >= 4 is 0 Å². The maximum Gasteiger partial charge on any atom is 0.112 e. The minimum atomic E-state index is 0.357. The first-order valence-corrected chi connectivity index (χ1v) is 5.38. The highest BCUT2D eigenvalue weighted by atomic mass is 15.0. The monoisotopic (exact) mass is 193 g/mol. The van der Waals surface area contributed by atoms with E-state index >= 15 is 0 Å². The molecule has 0 spiro atoms. The van der Waals surface area contributed by atoms with Crippen molar-refractivity contribution in [3.05, 3.63) is 17.7 Å². The third kappa shape index (κ3) is 1.98. The Morgan fingerprint density at radius 1 is 1.57 bits per heavy atom. The zero-order valence-electron chi connectivity index (χ0n) is 9.22. The minimum absolute atomic E-state index is 0.357. The van der Waals surface area contributed by atoms with E-state index in [0.29, 0.717) is 11.5 Å². The molecule has 0 aliphatic heterocycles. The molecular formula is C11H19N3. The molecule has 0 bridgehead atoms. The van der Waals surface area contributed by atoms with Crippen molar-refractivity contribution in [3.8, 4) is 0 Å². The van der Waals surface area contributed by atoms with Crippen LogP contribution >= 0.6 is 0 Å². The molecule has 1 saturated carbocycles. The van der Waals surface area contributed by atoms with Gasteiger partial charge in [0.2, 0.25) is 0 Å². The van der Waals surface area contributed by atoms with E-state index in [1.807, 2.05) is 6.20 Å². The van der Waals surface area contributed by atoms with Gasteiger partial charge in [-0.1, -0.05) is 20.8 Å². The highest BCUT2D eigenvalue weighted by Gasteiger charge is 2.41. The zero-order valence-corrected chi connectivity index (χ0v) is 9.22. The van der Waals surface area contributed by atoms with Crippen LogP contribution in [0.15, 0.2) is 6.20 Å². The van der Waals surface area contributed by atoms with Crippen molar-refractivity contribution in [2.24, 2.45) is 0 Å². The molecule has 14 heavy (non-hydrogen) atoms. The van der Waals surface area contributed by atoms with Crippen molar-refractivity contribution in [3.63, 3.8) is 0 Å². The van der Waals surface area contributed by atoms with Gasteiger partial charge in [0.25, 0.3) is 0 Å². The van der Waals surface area contributed by atoms with Gasteiger partial charge in [-0.05, 0) is 12.8 Å². The molecular weight excluding hydrogens is 174 g/mol. The van der Waals surface area contributed by atoms with Crippen molar-refractivity contribution in [1.29, 1.82) is 0 Å². The van der Waals surface area contributed by atoms with E-state index in [4.69, 9.17) is 0 Å². The SMILES string of the molecule is CC(C)NCc1cnc(C2(C)CC2)[nH]1. The summed E-state index contributed by atoms with van der Waals surface area (Å²) in [6, 6.07) is 0.526. The highest BCUT2D eigenvalue weighted by molar-refractivity contribution is 5.18. The first-order chi connectivity index (χ1) is 6.60. The maximum absolute atomic E-state index is 4.43. The second kappa shape index (κ2) is 3.39. The smallest absolute Gasteiger partial charge is 0.112 e. The van der Waals surface area contributed by atoms with Crippen LogP contribution in [-0.4, -0.2) is 16.0 Å². The second-order valence-electron chi connectivity index (χ2n) is 4.85. The molecule has 78 valence electrons. The predicted molar refractivity (Wildman–Crippen MR) is 57.1 cm³/mol. The number of rotatable bonds is 4. The number of aromatic nitrogens is 2. The number of nitrogens with one attached hydrogen (secondary N) is 2. The third-order valence-electron chi connectivity index (χ3n) is 2.90. The standard InChI is InChI=1S/C11H19N3/c1-8(2)12-6-9-7-13-10(14-9)11(3)4-5-11/h7-8,12H,4-6H2,1-3H3,(H,13,14). The Kier molecular flexibility index (Phi) is 2.35. The van der Waals surface area contributed by atoms with Crippen molar-refractivity contribution < 1.29 is 0 Å². The lowest BCUT2D eigenvalue weighted by Gasteiger charge is -2.06. The summed E-state index contributed by atoms with van der Waals surface area (Å²) in [4.78, 5) is 7.83. The molecule has 1 aromatic rings. The second-order valence-corrected chi connectivity index (χ2v) is 4.85. The fraction of sp³-hybridized carbons (Fsp3) is 0.727. The summed E-state index contributed by atoms with van der Waals surface area (Å²) in [5, 5.41) is 3.38. The lowest BCUT2D eigenvalue weighted by Crippen LogP contribution is -2.22. The fourth-order valence-corrected chi connectivity index (χ4v) is 1.49. The number of H-pyrrole nitrogens is 1. The number of hydrogen-bond donors (Lipinski definition) is 2. The van der Waals surface area contributed by atoms with Crippen molar-refractivity contribution in [1.82, 2.24) is 15.3 Å². The lowest BCUT2D eigenvalue weighted by atomic mass is 10.1. The van der Waals surface area contributed by atoms with E-state index in [0.717, 1.165) is 12.4 Å². The average Bonchev–Trinajstić information content (AvgIpc) is 2.70. The highest BCUT2D eigenvalue weighted by Crippen LogP contribution is 2.45. The van der Waals surface area contributed by atoms with Gasteiger partial charge < -0.3 is 10.3 Å². The van der Waals surface area contributed by atoms with Gasteiger partial charge in [-0.3, -0.25) is 0 Å². The van der Waals surface area contributed by atoms with Gasteiger partial charge in [0.1, 0.15) is 5.82 Å². The van der Waals surface area contributed by atoms with Gasteiger partial charge in [0, 0.05) is 29.9 Å². The molecule has 1 aromatic heterocycles. The van der Waals surface area contributed by atoms with Gasteiger partial charge in [0.15, 0.2) is 0 Å². The van der Waals surface area contributed by atoms with Gasteiger partial charge in [-0.25, -0.2) is 4.98 Å². The Bertz CT molecular complexity index is 310. The van der Waals surface area contributed by atoms with Crippen LogP contribution in [0.2, 0.25) is 0 Å². The van der Waals surface area contributed by atoms with Crippen LogP contribution in [-0.2, 0) is 12.0 Å². The molecule has 0 radical (unpaired) electrons. The minimum Gasteiger partial charge on any atom is -0.344 e. The zero-order chi connectivity index (χ0) is 10.2. The maximum atomic E-state index is 4.43. The molecule has 1 fully saturated rings. The molecule has 0 aromatic carbocycles. The van der Waals surface area contributed by atoms with Crippen molar-refractivity contribution in [2.45, 2.75) is 51.6 Å². The normalized spacial score (nSPS) is 18.9. The van der Waals surface area contributed by atoms with E-state index in [1.165, 1.54) is 18.5 Å². The predicted octanol–water partition coefficient (Wildman–Crippen LogP) is 1.96. The largest absolute Gasteiger partial charge is 0.344 e.